The van der Waals surface area contributed by atoms with Crippen molar-refractivity contribution in [1.82, 2.24) is 29.5 Å². The highest BCUT2D eigenvalue weighted by Crippen LogP contribution is 2.33. The van der Waals surface area contributed by atoms with Gasteiger partial charge in [0.05, 0.1) is 41.8 Å². The van der Waals surface area contributed by atoms with Gasteiger partial charge in [-0.2, -0.15) is 9.67 Å². The summed E-state index contributed by atoms with van der Waals surface area (Å²) in [6.07, 6.45) is 8.38. The van der Waals surface area contributed by atoms with E-state index in [4.69, 9.17) is 22.1 Å². The fourth-order valence-corrected chi connectivity index (χ4v) is 7.90. The Kier molecular flexibility index (Phi) is 15.2. The predicted octanol–water partition coefficient (Wildman–Crippen LogP) is 4.95. The first kappa shape index (κ1) is 45.5. The lowest BCUT2D eigenvalue weighted by atomic mass is 9.95. The van der Waals surface area contributed by atoms with Crippen LogP contribution in [0, 0.1) is 24.5 Å². The number of rotatable bonds is 18. The van der Waals surface area contributed by atoms with Crippen LogP contribution in [0.4, 0.5) is 14.5 Å². The maximum atomic E-state index is 15.6. The van der Waals surface area contributed by atoms with Gasteiger partial charge < -0.3 is 35.7 Å². The number of aromatic nitrogens is 5. The van der Waals surface area contributed by atoms with Crippen molar-refractivity contribution in [2.45, 2.75) is 58.5 Å². The molecule has 5 aromatic rings. The molecule has 0 atom stereocenters. The summed E-state index contributed by atoms with van der Waals surface area (Å²) in [6, 6.07) is 11.3. The highest BCUT2D eigenvalue weighted by Gasteiger charge is 2.29. The summed E-state index contributed by atoms with van der Waals surface area (Å²) < 4.78 is 40.9. The van der Waals surface area contributed by atoms with E-state index in [0.29, 0.717) is 88.4 Å². The van der Waals surface area contributed by atoms with Crippen LogP contribution < -0.4 is 20.9 Å². The number of imidazole rings is 1. The van der Waals surface area contributed by atoms with E-state index in [2.05, 4.69) is 20.7 Å². The van der Waals surface area contributed by atoms with Crippen LogP contribution in [-0.2, 0) is 47.3 Å². The van der Waals surface area contributed by atoms with E-state index in [9.17, 15) is 24.3 Å². The van der Waals surface area contributed by atoms with Gasteiger partial charge in [-0.3, -0.25) is 19.1 Å². The number of carboxylic acid groups (broad SMARTS) is 1. The molecule has 1 aliphatic rings. The molecule has 1 fully saturated rings. The number of nitrogens with one attached hydrogen (secondary N) is 2. The summed E-state index contributed by atoms with van der Waals surface area (Å²) in [5, 5.41) is 19.3. The molecule has 6 rings (SSSR count). The van der Waals surface area contributed by atoms with E-state index < -0.39 is 23.5 Å². The van der Waals surface area contributed by atoms with Crippen molar-refractivity contribution >= 4 is 41.0 Å². The molecular formula is C44H51ClF2N9O6+. The van der Waals surface area contributed by atoms with Gasteiger partial charge in [0.25, 0.3) is 11.8 Å². The molecule has 3 aromatic heterocycles. The smallest absolute Gasteiger partial charge is 0.370 e. The molecule has 4 heterocycles. The van der Waals surface area contributed by atoms with Gasteiger partial charge in [-0.15, -0.1) is 0 Å². The second-order valence-corrected chi connectivity index (χ2v) is 15.6. The zero-order valence-corrected chi connectivity index (χ0v) is 35.7. The van der Waals surface area contributed by atoms with Gasteiger partial charge in [-0.05, 0) is 75.4 Å². The summed E-state index contributed by atoms with van der Waals surface area (Å²) in [4.78, 5) is 56.9. The van der Waals surface area contributed by atoms with Crippen LogP contribution in [0.25, 0.3) is 22.4 Å². The van der Waals surface area contributed by atoms with Crippen LogP contribution in [0.1, 0.15) is 63.6 Å². The topological polar surface area (TPSA) is 191 Å². The van der Waals surface area contributed by atoms with Gasteiger partial charge in [-0.25, -0.2) is 18.6 Å². The minimum absolute atomic E-state index is 0.0519. The number of halogens is 3. The molecule has 0 bridgehead atoms. The van der Waals surface area contributed by atoms with Crippen molar-refractivity contribution in [3.05, 3.63) is 106 Å². The van der Waals surface area contributed by atoms with E-state index >= 15 is 8.78 Å². The molecule has 5 N–H and O–H groups in total. The number of carbonyl (C=O) groups is 4. The Morgan fingerprint density at radius 3 is 2.45 bits per heavy atom. The normalized spacial score (nSPS) is 13.0. The van der Waals surface area contributed by atoms with Crippen LogP contribution in [0.2, 0.25) is 5.02 Å². The van der Waals surface area contributed by atoms with Crippen molar-refractivity contribution in [3.8, 4) is 22.4 Å². The van der Waals surface area contributed by atoms with E-state index in [0.717, 1.165) is 17.7 Å². The Morgan fingerprint density at radius 1 is 1.00 bits per heavy atom. The molecule has 3 amide bonds. The molecule has 0 saturated carbocycles. The first-order chi connectivity index (χ1) is 29.8. The maximum Gasteiger partial charge on any atom is 0.370 e. The number of nitrogens with two attached hydrogens (primary N) is 1. The number of piperidine rings is 1. The van der Waals surface area contributed by atoms with Crippen molar-refractivity contribution in [2.24, 2.45) is 18.7 Å². The second kappa shape index (κ2) is 20.7. The Labute approximate surface area is 362 Å². The van der Waals surface area contributed by atoms with Gasteiger partial charge in [0, 0.05) is 86.3 Å². The number of carboxylic acids is 1. The first-order valence-electron chi connectivity index (χ1n) is 20.4. The monoisotopic (exact) mass is 874 g/mol. The van der Waals surface area contributed by atoms with E-state index in [1.807, 2.05) is 12.1 Å². The number of hydrogen-bond acceptors (Lipinski definition) is 8. The maximum absolute atomic E-state index is 15.6. The highest BCUT2D eigenvalue weighted by molar-refractivity contribution is 6.34. The van der Waals surface area contributed by atoms with Crippen LogP contribution in [0.5, 0.6) is 0 Å². The van der Waals surface area contributed by atoms with Crippen LogP contribution in [0.15, 0.2) is 61.1 Å². The number of aliphatic carboxylic acids is 1. The lowest BCUT2D eigenvalue weighted by Gasteiger charge is -2.31. The molecule has 18 heteroatoms. The zero-order chi connectivity index (χ0) is 44.5. The molecule has 1 saturated heterocycles. The van der Waals surface area contributed by atoms with Crippen LogP contribution in [0.3, 0.4) is 0 Å². The minimum Gasteiger partial charge on any atom is -0.477 e. The van der Waals surface area contributed by atoms with E-state index in [1.165, 1.54) is 48.3 Å². The lowest BCUT2D eigenvalue weighted by molar-refractivity contribution is -0.693. The number of hydrogen-bond donors (Lipinski definition) is 4. The molecule has 0 spiro atoms. The SMILES string of the molecule is COCCn1ncc(-c2ccc(-c3cnc(C(=O)Nc4ccc(C(=O)N5CCC(C(=O)NCCCc6cc[n+](CC(=O)O)c(CCCN)c6)CC5)c(Cl)c4)n3C)c(F)c2F)c1C. The number of benzene rings is 2. The first-order valence-corrected chi connectivity index (χ1v) is 20.8. The number of anilines is 1. The number of pyridine rings is 1. The van der Waals surface area contributed by atoms with Gasteiger partial charge in [0.1, 0.15) is 0 Å². The van der Waals surface area contributed by atoms with Gasteiger partial charge >= 0.3 is 5.97 Å². The van der Waals surface area contributed by atoms with Gasteiger partial charge in [0.2, 0.25) is 12.5 Å². The summed E-state index contributed by atoms with van der Waals surface area (Å²) in [7, 11) is 3.08. The van der Waals surface area contributed by atoms with Gasteiger partial charge in [-0.1, -0.05) is 17.7 Å². The second-order valence-electron chi connectivity index (χ2n) is 15.2. The number of likely N-dealkylation sites (tertiary alicyclic amines) is 1. The summed E-state index contributed by atoms with van der Waals surface area (Å²) >= 11 is 6.56. The fraction of sp³-hybridized carbons (Fsp3) is 0.386. The molecule has 0 unspecified atom stereocenters. The third-order valence-electron chi connectivity index (χ3n) is 11.1. The number of amides is 3. The number of ether oxygens (including phenoxy) is 1. The Balaban J connectivity index is 0.995. The zero-order valence-electron chi connectivity index (χ0n) is 34.9. The summed E-state index contributed by atoms with van der Waals surface area (Å²) in [6.45, 7) is 4.25. The molecule has 328 valence electrons. The molecule has 1 aliphatic heterocycles. The van der Waals surface area contributed by atoms with Gasteiger partial charge in [0.15, 0.2) is 29.3 Å². The van der Waals surface area contributed by atoms with Crippen molar-refractivity contribution < 1.29 is 42.4 Å². The molecule has 0 aliphatic carbocycles. The largest absolute Gasteiger partial charge is 0.477 e. The Bertz CT molecular complexity index is 2450. The molecule has 0 radical (unpaired) electrons. The third-order valence-corrected chi connectivity index (χ3v) is 11.4. The van der Waals surface area contributed by atoms with Crippen molar-refractivity contribution in [1.29, 1.82) is 0 Å². The Morgan fingerprint density at radius 2 is 1.74 bits per heavy atom. The summed E-state index contributed by atoms with van der Waals surface area (Å²) in [5.74, 6) is -4.37. The van der Waals surface area contributed by atoms with Crippen molar-refractivity contribution in [2.75, 3.05) is 45.2 Å². The molecule has 15 nitrogen and oxygen atoms in total. The number of aryl methyl sites for hydroxylation is 2. The average molecular weight is 875 g/mol. The Hall–Kier alpha value is -6.04. The standard InChI is InChI=1S/C44H50ClF2N9O6/c1-27-35(24-51-56(27)20-21-62-3)32-10-11-34(40(47)39(32)46)37-25-50-41(53(37)2)43(60)52-30-8-9-33(36(45)23-30)44(61)54-18-13-29(14-19-54)42(59)49-16-5-6-28-12-17-55(26-38(57)58)31(22-28)7-4-15-48/h8-12,17,22-25,29H,4-7,13-16,18-21,26,48H2,1-3H3,(H2-,49,52,57,58,59,60,61)/p+1. The highest BCUT2D eigenvalue weighted by atomic mass is 35.5. The third kappa shape index (κ3) is 10.5. The fourth-order valence-electron chi connectivity index (χ4n) is 7.64. The number of methoxy groups -OCH3 is 1. The molecule has 2 aromatic carbocycles. The average Bonchev–Trinajstić information content (AvgIpc) is 3.82. The quantitative estimate of drug-likeness (QED) is 0.0697. The number of carbonyl (C=O) groups excluding carboxylic acids is 3. The summed E-state index contributed by atoms with van der Waals surface area (Å²) in [5.41, 5.74) is 9.42. The number of nitrogens with zero attached hydrogens (tertiary/aromatic N) is 6. The minimum atomic E-state index is -1.10. The van der Waals surface area contributed by atoms with Crippen molar-refractivity contribution in [3.63, 3.8) is 0 Å². The predicted molar refractivity (Wildman–Crippen MR) is 227 cm³/mol. The van der Waals surface area contributed by atoms with E-state index in [1.54, 1.807) is 40.4 Å². The van der Waals surface area contributed by atoms with Crippen LogP contribution >= 0.6 is 11.6 Å². The molecule has 62 heavy (non-hydrogen) atoms. The molecular weight excluding hydrogens is 824 g/mol. The lowest BCUT2D eigenvalue weighted by Crippen LogP contribution is -2.43. The van der Waals surface area contributed by atoms with E-state index in [-0.39, 0.29) is 57.5 Å². The van der Waals surface area contributed by atoms with Crippen LogP contribution in [-0.4, -0.2) is 92.9 Å².